The van der Waals surface area contributed by atoms with Gasteiger partial charge in [0.15, 0.2) is 5.67 Å². The van der Waals surface area contributed by atoms with Crippen molar-refractivity contribution in [3.05, 3.63) is 23.0 Å². The highest BCUT2D eigenvalue weighted by molar-refractivity contribution is 6.32. The van der Waals surface area contributed by atoms with Crippen molar-refractivity contribution in [1.29, 1.82) is 0 Å². The Morgan fingerprint density at radius 1 is 1.50 bits per heavy atom. The lowest BCUT2D eigenvalue weighted by molar-refractivity contribution is 0.0634. The molecule has 0 atom stereocenters. The van der Waals surface area contributed by atoms with Gasteiger partial charge in [-0.3, -0.25) is 4.98 Å². The first kappa shape index (κ1) is 11.6. The van der Waals surface area contributed by atoms with Crippen molar-refractivity contribution in [1.82, 2.24) is 9.88 Å². The van der Waals surface area contributed by atoms with E-state index in [4.69, 9.17) is 17.3 Å². The number of piperidine rings is 1. The standard InChI is InChI=1S/C11H15ClFN3/c1-16-4-2-11(13,3-5-16)10-6-9(14)8(12)7-15-10/h6-7H,2-5H2,1H3,(H2,14,15). The van der Waals surface area contributed by atoms with Gasteiger partial charge in [0.2, 0.25) is 0 Å². The van der Waals surface area contributed by atoms with Crippen LogP contribution < -0.4 is 5.73 Å². The van der Waals surface area contributed by atoms with Gasteiger partial charge < -0.3 is 10.6 Å². The molecule has 2 rings (SSSR count). The van der Waals surface area contributed by atoms with Gasteiger partial charge in [-0.15, -0.1) is 0 Å². The minimum Gasteiger partial charge on any atom is -0.397 e. The maximum Gasteiger partial charge on any atom is 0.155 e. The molecule has 1 aromatic rings. The van der Waals surface area contributed by atoms with E-state index in [1.807, 2.05) is 7.05 Å². The van der Waals surface area contributed by atoms with Gasteiger partial charge in [0, 0.05) is 19.3 Å². The highest BCUT2D eigenvalue weighted by Crippen LogP contribution is 2.36. The zero-order chi connectivity index (χ0) is 11.8. The van der Waals surface area contributed by atoms with Gasteiger partial charge in [-0.25, -0.2) is 4.39 Å². The number of rotatable bonds is 1. The summed E-state index contributed by atoms with van der Waals surface area (Å²) in [5, 5.41) is 0.375. The molecule has 0 amide bonds. The van der Waals surface area contributed by atoms with E-state index < -0.39 is 5.67 Å². The Kier molecular flexibility index (Phi) is 3.04. The number of nitrogen functional groups attached to an aromatic ring is 1. The second-order valence-electron chi connectivity index (χ2n) is 4.36. The lowest BCUT2D eigenvalue weighted by Crippen LogP contribution is -2.38. The van der Waals surface area contributed by atoms with Crippen LogP contribution in [-0.2, 0) is 5.67 Å². The average molecular weight is 244 g/mol. The molecule has 88 valence electrons. The quantitative estimate of drug-likeness (QED) is 0.822. The van der Waals surface area contributed by atoms with Crippen LogP contribution in [0.1, 0.15) is 18.5 Å². The minimum absolute atomic E-state index is 0.375. The molecule has 0 unspecified atom stereocenters. The number of alkyl halides is 1. The second-order valence-corrected chi connectivity index (χ2v) is 4.77. The third-order valence-electron chi connectivity index (χ3n) is 3.12. The molecule has 0 spiro atoms. The minimum atomic E-state index is -1.36. The molecule has 1 saturated heterocycles. The number of anilines is 1. The summed E-state index contributed by atoms with van der Waals surface area (Å²) < 4.78 is 14.6. The van der Waals surface area contributed by atoms with Crippen LogP contribution in [-0.4, -0.2) is 30.0 Å². The molecule has 1 aliphatic rings. The molecule has 0 bridgehead atoms. The molecule has 1 aliphatic heterocycles. The van der Waals surface area contributed by atoms with Crippen LogP contribution in [0.2, 0.25) is 5.02 Å². The summed E-state index contributed by atoms with van der Waals surface area (Å²) in [6.07, 6.45) is 2.33. The number of hydrogen-bond acceptors (Lipinski definition) is 3. The Balaban J connectivity index is 2.25. The van der Waals surface area contributed by atoms with Crippen molar-refractivity contribution in [2.75, 3.05) is 25.9 Å². The molecule has 2 heterocycles. The molecule has 3 nitrogen and oxygen atoms in total. The monoisotopic (exact) mass is 243 g/mol. The van der Waals surface area contributed by atoms with E-state index in [9.17, 15) is 4.39 Å². The molecule has 5 heteroatoms. The van der Waals surface area contributed by atoms with Crippen LogP contribution in [0, 0.1) is 0 Å². The maximum atomic E-state index is 14.6. The fraction of sp³-hybridized carbons (Fsp3) is 0.545. The van der Waals surface area contributed by atoms with Crippen molar-refractivity contribution in [2.24, 2.45) is 0 Å². The van der Waals surface area contributed by atoms with Crippen molar-refractivity contribution in [3.8, 4) is 0 Å². The number of halogens is 2. The summed E-state index contributed by atoms with van der Waals surface area (Å²) in [7, 11) is 1.99. The molecule has 16 heavy (non-hydrogen) atoms. The Bertz CT molecular complexity index is 389. The highest BCUT2D eigenvalue weighted by atomic mass is 35.5. The lowest BCUT2D eigenvalue weighted by atomic mass is 9.89. The van der Waals surface area contributed by atoms with Crippen LogP contribution >= 0.6 is 11.6 Å². The molecule has 0 aromatic carbocycles. The first-order valence-corrected chi connectivity index (χ1v) is 5.68. The van der Waals surface area contributed by atoms with Crippen LogP contribution in [0.4, 0.5) is 10.1 Å². The Hall–Kier alpha value is -0.870. The van der Waals surface area contributed by atoms with Crippen LogP contribution in [0.25, 0.3) is 0 Å². The Morgan fingerprint density at radius 2 is 2.12 bits per heavy atom. The molecule has 1 aromatic heterocycles. The maximum absolute atomic E-state index is 14.6. The van der Waals surface area contributed by atoms with Gasteiger partial charge in [-0.2, -0.15) is 0 Å². The van der Waals surface area contributed by atoms with Crippen molar-refractivity contribution in [2.45, 2.75) is 18.5 Å². The molecule has 1 fully saturated rings. The topological polar surface area (TPSA) is 42.1 Å². The van der Waals surface area contributed by atoms with E-state index in [0.29, 0.717) is 29.2 Å². The van der Waals surface area contributed by atoms with E-state index >= 15 is 0 Å². The summed E-state index contributed by atoms with van der Waals surface area (Å²) in [4.78, 5) is 6.16. The SMILES string of the molecule is CN1CCC(F)(c2cc(N)c(Cl)cn2)CC1. The predicted molar refractivity (Wildman–Crippen MR) is 63.2 cm³/mol. The zero-order valence-electron chi connectivity index (χ0n) is 9.21. The molecule has 0 saturated carbocycles. The van der Waals surface area contributed by atoms with E-state index in [0.717, 1.165) is 13.1 Å². The summed E-state index contributed by atoms with van der Waals surface area (Å²) in [6, 6.07) is 1.55. The van der Waals surface area contributed by atoms with Crippen LogP contribution in [0.15, 0.2) is 12.3 Å². The molecule has 2 N–H and O–H groups in total. The van der Waals surface area contributed by atoms with E-state index in [1.54, 1.807) is 6.07 Å². The van der Waals surface area contributed by atoms with Gasteiger partial charge >= 0.3 is 0 Å². The summed E-state index contributed by atoms with van der Waals surface area (Å²) in [5.41, 5.74) is 5.10. The van der Waals surface area contributed by atoms with Gasteiger partial charge in [-0.1, -0.05) is 11.6 Å². The Morgan fingerprint density at radius 3 is 2.69 bits per heavy atom. The van der Waals surface area contributed by atoms with Crippen LogP contribution in [0.3, 0.4) is 0 Å². The number of likely N-dealkylation sites (tertiary alicyclic amines) is 1. The summed E-state index contributed by atoms with van der Waals surface area (Å²) >= 11 is 5.77. The Labute approximate surface area is 99.4 Å². The first-order valence-electron chi connectivity index (χ1n) is 5.30. The second kappa shape index (κ2) is 4.18. The van der Waals surface area contributed by atoms with Crippen molar-refractivity contribution < 1.29 is 4.39 Å². The fourth-order valence-electron chi connectivity index (χ4n) is 1.93. The smallest absolute Gasteiger partial charge is 0.155 e. The predicted octanol–water partition coefficient (Wildman–Crippen LogP) is 2.21. The van der Waals surface area contributed by atoms with Gasteiger partial charge in [0.25, 0.3) is 0 Å². The first-order chi connectivity index (χ1) is 7.51. The lowest BCUT2D eigenvalue weighted by Gasteiger charge is -2.34. The summed E-state index contributed by atoms with van der Waals surface area (Å²) in [5.74, 6) is 0. The van der Waals surface area contributed by atoms with Gasteiger partial charge in [-0.05, 0) is 26.0 Å². The third kappa shape index (κ3) is 2.13. The third-order valence-corrected chi connectivity index (χ3v) is 3.44. The van der Waals surface area contributed by atoms with Crippen molar-refractivity contribution in [3.63, 3.8) is 0 Å². The van der Waals surface area contributed by atoms with Gasteiger partial charge in [0.05, 0.1) is 16.4 Å². The van der Waals surface area contributed by atoms with E-state index in [-0.39, 0.29) is 0 Å². The van der Waals surface area contributed by atoms with E-state index in [2.05, 4.69) is 9.88 Å². The molecular weight excluding hydrogens is 229 g/mol. The number of pyridine rings is 1. The highest BCUT2D eigenvalue weighted by Gasteiger charge is 2.36. The fourth-order valence-corrected chi connectivity index (χ4v) is 2.03. The van der Waals surface area contributed by atoms with E-state index in [1.165, 1.54) is 6.20 Å². The number of nitrogens with two attached hydrogens (primary N) is 1. The molecule has 0 aliphatic carbocycles. The number of nitrogens with zero attached hydrogens (tertiary/aromatic N) is 2. The normalized spacial score (nSPS) is 20.9. The molecule has 0 radical (unpaired) electrons. The average Bonchev–Trinajstić information content (AvgIpc) is 2.26. The largest absolute Gasteiger partial charge is 0.397 e. The number of hydrogen-bond donors (Lipinski definition) is 1. The van der Waals surface area contributed by atoms with Crippen molar-refractivity contribution >= 4 is 17.3 Å². The zero-order valence-corrected chi connectivity index (χ0v) is 9.97. The van der Waals surface area contributed by atoms with Gasteiger partial charge in [0.1, 0.15) is 0 Å². The summed E-state index contributed by atoms with van der Waals surface area (Å²) in [6.45, 7) is 1.47. The number of aromatic nitrogens is 1. The van der Waals surface area contributed by atoms with Crippen LogP contribution in [0.5, 0.6) is 0 Å². The molecular formula is C11H15ClFN3.